The summed E-state index contributed by atoms with van der Waals surface area (Å²) >= 11 is 0. The van der Waals surface area contributed by atoms with Crippen molar-refractivity contribution in [3.8, 4) is 0 Å². The van der Waals surface area contributed by atoms with E-state index in [2.05, 4.69) is 35.1 Å². The topological polar surface area (TPSA) is 54.5 Å². The summed E-state index contributed by atoms with van der Waals surface area (Å²) in [5.41, 5.74) is 2.61. The molecule has 28 heavy (non-hydrogen) atoms. The van der Waals surface area contributed by atoms with Gasteiger partial charge in [-0.1, -0.05) is 11.6 Å². The third-order valence-corrected chi connectivity index (χ3v) is 6.78. The van der Waals surface area contributed by atoms with Gasteiger partial charge >= 0.3 is 0 Å². The SMILES string of the molecule is CC(C)=CCCN1C[C@@H]2[C@H](CNC(=O)CCc3ccncc3)[C@H]3CC[C@]2(C1)O3. The molecule has 0 unspecified atom stereocenters. The number of nitrogens with zero attached hydrogens (tertiary/aromatic N) is 2. The van der Waals surface area contributed by atoms with Crippen molar-refractivity contribution in [2.75, 3.05) is 26.2 Å². The Morgan fingerprint density at radius 2 is 2.21 bits per heavy atom. The molecule has 4 atom stereocenters. The highest BCUT2D eigenvalue weighted by atomic mass is 16.5. The Morgan fingerprint density at radius 3 is 3.00 bits per heavy atom. The zero-order valence-corrected chi connectivity index (χ0v) is 17.2. The molecule has 3 aliphatic rings. The first kappa shape index (κ1) is 19.6. The Labute approximate surface area is 168 Å². The summed E-state index contributed by atoms with van der Waals surface area (Å²) in [4.78, 5) is 19.0. The van der Waals surface area contributed by atoms with Crippen molar-refractivity contribution in [3.63, 3.8) is 0 Å². The predicted octanol–water partition coefficient (Wildman–Crippen LogP) is 2.97. The Balaban J connectivity index is 1.27. The van der Waals surface area contributed by atoms with Crippen LogP contribution in [0.2, 0.25) is 0 Å². The van der Waals surface area contributed by atoms with Gasteiger partial charge in [-0.25, -0.2) is 0 Å². The first-order valence-corrected chi connectivity index (χ1v) is 10.7. The molecule has 0 aliphatic carbocycles. The van der Waals surface area contributed by atoms with Crippen LogP contribution in [-0.2, 0) is 16.0 Å². The number of aryl methyl sites for hydroxylation is 1. The lowest BCUT2D eigenvalue weighted by molar-refractivity contribution is -0.121. The van der Waals surface area contributed by atoms with Gasteiger partial charge in [-0.3, -0.25) is 14.7 Å². The number of carbonyl (C=O) groups excluding carboxylic acids is 1. The highest BCUT2D eigenvalue weighted by Gasteiger charge is 2.62. The molecule has 2 bridgehead atoms. The number of pyridine rings is 1. The van der Waals surface area contributed by atoms with E-state index in [1.54, 1.807) is 12.4 Å². The zero-order valence-electron chi connectivity index (χ0n) is 17.2. The number of hydrogen-bond acceptors (Lipinski definition) is 4. The summed E-state index contributed by atoms with van der Waals surface area (Å²) in [6.45, 7) is 8.38. The largest absolute Gasteiger partial charge is 0.370 e. The lowest BCUT2D eigenvalue weighted by Crippen LogP contribution is -2.41. The lowest BCUT2D eigenvalue weighted by atomic mass is 9.73. The average Bonchev–Trinajstić information content (AvgIpc) is 3.33. The number of likely N-dealkylation sites (tertiary alicyclic amines) is 1. The van der Waals surface area contributed by atoms with E-state index in [4.69, 9.17) is 4.74 Å². The number of rotatable bonds is 8. The van der Waals surface area contributed by atoms with E-state index in [0.717, 1.165) is 51.0 Å². The van der Waals surface area contributed by atoms with Crippen molar-refractivity contribution >= 4 is 5.91 Å². The van der Waals surface area contributed by atoms with E-state index >= 15 is 0 Å². The van der Waals surface area contributed by atoms with Gasteiger partial charge in [0.05, 0.1) is 11.7 Å². The van der Waals surface area contributed by atoms with E-state index in [-0.39, 0.29) is 11.5 Å². The fraction of sp³-hybridized carbons (Fsp3) is 0.652. The average molecular weight is 384 g/mol. The Hall–Kier alpha value is -1.72. The van der Waals surface area contributed by atoms with Crippen molar-refractivity contribution in [2.45, 2.75) is 57.7 Å². The molecule has 1 N–H and O–H groups in total. The molecular weight excluding hydrogens is 350 g/mol. The Kier molecular flexibility index (Phi) is 5.83. The van der Waals surface area contributed by atoms with Crippen LogP contribution in [0.4, 0.5) is 0 Å². The maximum atomic E-state index is 12.4. The molecule has 3 aliphatic heterocycles. The summed E-state index contributed by atoms with van der Waals surface area (Å²) in [6.07, 6.45) is 11.0. The second-order valence-electron chi connectivity index (χ2n) is 8.99. The number of allylic oxidation sites excluding steroid dienone is 1. The fourth-order valence-corrected chi connectivity index (χ4v) is 5.39. The lowest BCUT2D eigenvalue weighted by Gasteiger charge is -2.29. The van der Waals surface area contributed by atoms with Crippen LogP contribution in [0.1, 0.15) is 45.1 Å². The quantitative estimate of drug-likeness (QED) is 0.701. The van der Waals surface area contributed by atoms with Crippen LogP contribution < -0.4 is 5.32 Å². The van der Waals surface area contributed by atoms with Crippen molar-refractivity contribution in [3.05, 3.63) is 41.7 Å². The molecule has 4 rings (SSSR count). The van der Waals surface area contributed by atoms with E-state index in [9.17, 15) is 4.79 Å². The normalized spacial score (nSPS) is 31.0. The van der Waals surface area contributed by atoms with Crippen molar-refractivity contribution < 1.29 is 9.53 Å². The number of nitrogens with one attached hydrogen (secondary N) is 1. The Morgan fingerprint density at radius 1 is 1.39 bits per heavy atom. The van der Waals surface area contributed by atoms with E-state index in [1.165, 1.54) is 12.0 Å². The van der Waals surface area contributed by atoms with E-state index in [1.807, 2.05) is 12.1 Å². The van der Waals surface area contributed by atoms with Crippen LogP contribution in [0.3, 0.4) is 0 Å². The maximum Gasteiger partial charge on any atom is 0.220 e. The molecule has 0 aromatic carbocycles. The van der Waals surface area contributed by atoms with E-state index < -0.39 is 0 Å². The van der Waals surface area contributed by atoms with Crippen molar-refractivity contribution in [2.24, 2.45) is 11.8 Å². The molecule has 0 radical (unpaired) electrons. The fourth-order valence-electron chi connectivity index (χ4n) is 5.39. The molecule has 3 saturated heterocycles. The monoisotopic (exact) mass is 383 g/mol. The number of carbonyl (C=O) groups is 1. The van der Waals surface area contributed by atoms with Crippen molar-refractivity contribution in [1.29, 1.82) is 0 Å². The predicted molar refractivity (Wildman–Crippen MR) is 110 cm³/mol. The number of fused-ring (bicyclic) bond motifs is 1. The van der Waals surface area contributed by atoms with Crippen molar-refractivity contribution in [1.82, 2.24) is 15.2 Å². The number of ether oxygens (including phenoxy) is 1. The summed E-state index contributed by atoms with van der Waals surface area (Å²) in [5.74, 6) is 1.18. The second-order valence-corrected chi connectivity index (χ2v) is 8.99. The van der Waals surface area contributed by atoms with Gasteiger partial charge in [0, 0.05) is 56.8 Å². The highest BCUT2D eigenvalue weighted by molar-refractivity contribution is 5.76. The summed E-state index contributed by atoms with van der Waals surface area (Å²) in [6, 6.07) is 3.95. The number of amides is 1. The molecule has 3 fully saturated rings. The third-order valence-electron chi connectivity index (χ3n) is 6.78. The minimum Gasteiger partial charge on any atom is -0.370 e. The molecule has 4 heterocycles. The smallest absolute Gasteiger partial charge is 0.220 e. The molecule has 1 spiro atoms. The van der Waals surface area contributed by atoms with Crippen LogP contribution in [0, 0.1) is 11.8 Å². The molecule has 152 valence electrons. The molecule has 5 heteroatoms. The molecule has 1 aromatic heterocycles. The van der Waals surface area contributed by atoms with Crippen LogP contribution in [0.25, 0.3) is 0 Å². The minimum absolute atomic E-state index is 0.0576. The van der Waals surface area contributed by atoms with Gasteiger partial charge in [-0.05, 0) is 57.2 Å². The number of hydrogen-bond donors (Lipinski definition) is 1. The van der Waals surface area contributed by atoms with Gasteiger partial charge in [-0.15, -0.1) is 0 Å². The third kappa shape index (κ3) is 4.15. The summed E-state index contributed by atoms with van der Waals surface area (Å²) in [7, 11) is 0. The Bertz CT molecular complexity index is 716. The van der Waals surface area contributed by atoms with Gasteiger partial charge in [0.1, 0.15) is 0 Å². The molecule has 0 saturated carbocycles. The summed E-state index contributed by atoms with van der Waals surface area (Å²) in [5, 5.41) is 3.20. The van der Waals surface area contributed by atoms with Crippen LogP contribution in [-0.4, -0.2) is 53.7 Å². The van der Waals surface area contributed by atoms with Crippen LogP contribution in [0.15, 0.2) is 36.2 Å². The molecule has 5 nitrogen and oxygen atoms in total. The van der Waals surface area contributed by atoms with Gasteiger partial charge in [0.15, 0.2) is 0 Å². The van der Waals surface area contributed by atoms with Gasteiger partial charge in [0.25, 0.3) is 0 Å². The second kappa shape index (κ2) is 8.34. The van der Waals surface area contributed by atoms with Crippen LogP contribution in [0.5, 0.6) is 0 Å². The standard InChI is InChI=1S/C23H33N3O2/c1-17(2)4-3-13-26-15-20-19(21-7-10-23(20,16-26)28-21)14-25-22(27)6-5-18-8-11-24-12-9-18/h4,8-9,11-12,19-21H,3,5-7,10,13-16H2,1-2H3,(H,25,27)/t19-,20+,21+,23+/m0/s1. The first-order valence-electron chi connectivity index (χ1n) is 10.7. The molecular formula is C23H33N3O2. The minimum atomic E-state index is 0.0576. The first-order chi connectivity index (χ1) is 13.6. The molecule has 1 amide bonds. The van der Waals surface area contributed by atoms with Gasteiger partial charge < -0.3 is 10.1 Å². The van der Waals surface area contributed by atoms with Gasteiger partial charge in [0.2, 0.25) is 5.91 Å². The summed E-state index contributed by atoms with van der Waals surface area (Å²) < 4.78 is 6.50. The maximum absolute atomic E-state index is 12.4. The van der Waals surface area contributed by atoms with Crippen LogP contribution >= 0.6 is 0 Å². The van der Waals surface area contributed by atoms with E-state index in [0.29, 0.717) is 24.4 Å². The molecule has 1 aromatic rings. The highest BCUT2D eigenvalue weighted by Crippen LogP contribution is 2.54. The zero-order chi connectivity index (χ0) is 19.6. The van der Waals surface area contributed by atoms with Gasteiger partial charge in [-0.2, -0.15) is 0 Å². The number of aromatic nitrogens is 1.